The van der Waals surface area contributed by atoms with Gasteiger partial charge < -0.3 is 19.1 Å². The van der Waals surface area contributed by atoms with Crippen LogP contribution in [0.2, 0.25) is 0 Å². The average molecular weight is 452 g/mol. The number of hydrogen-bond donors (Lipinski definition) is 0. The number of rotatable bonds is 5. The Morgan fingerprint density at radius 1 is 1.16 bits per heavy atom. The normalized spacial score (nSPS) is 16.6. The van der Waals surface area contributed by atoms with Crippen LogP contribution in [0.25, 0.3) is 16.3 Å². The fraction of sp³-hybridized carbons (Fsp3) is 0.333. The zero-order valence-corrected chi connectivity index (χ0v) is 18.8. The van der Waals surface area contributed by atoms with E-state index >= 15 is 0 Å². The Morgan fingerprint density at radius 3 is 2.78 bits per heavy atom. The molecular formula is C24H25N3O4S. The fourth-order valence-corrected chi connectivity index (χ4v) is 4.98. The first-order valence-corrected chi connectivity index (χ1v) is 11.5. The van der Waals surface area contributed by atoms with Crippen molar-refractivity contribution in [2.45, 2.75) is 6.54 Å². The summed E-state index contributed by atoms with van der Waals surface area (Å²) >= 11 is 1.74. The van der Waals surface area contributed by atoms with Gasteiger partial charge in [-0.3, -0.25) is 9.69 Å². The van der Waals surface area contributed by atoms with Gasteiger partial charge in [0.15, 0.2) is 11.5 Å². The molecule has 0 radical (unpaired) electrons. The molecule has 8 heteroatoms. The van der Waals surface area contributed by atoms with Crippen LogP contribution in [0.15, 0.2) is 42.5 Å². The van der Waals surface area contributed by atoms with Crippen molar-refractivity contribution < 1.29 is 19.0 Å². The Balaban J connectivity index is 1.18. The van der Waals surface area contributed by atoms with Gasteiger partial charge in [-0.05, 0) is 35.9 Å². The van der Waals surface area contributed by atoms with Crippen molar-refractivity contribution in [2.24, 2.45) is 0 Å². The summed E-state index contributed by atoms with van der Waals surface area (Å²) in [7, 11) is 1.60. The molecule has 5 rings (SSSR count). The molecule has 2 aromatic carbocycles. The highest BCUT2D eigenvalue weighted by molar-refractivity contribution is 7.18. The quantitative estimate of drug-likeness (QED) is 0.554. The summed E-state index contributed by atoms with van der Waals surface area (Å²) in [6, 6.07) is 11.9. The number of fused-ring (bicyclic) bond motifs is 2. The van der Waals surface area contributed by atoms with Gasteiger partial charge in [-0.25, -0.2) is 4.98 Å². The minimum atomic E-state index is 0.0125. The molecule has 0 saturated carbocycles. The molecule has 0 unspecified atom stereocenters. The molecule has 0 bridgehead atoms. The number of methoxy groups -OCH3 is 1. The maximum Gasteiger partial charge on any atom is 0.246 e. The third kappa shape index (κ3) is 4.42. The lowest BCUT2D eigenvalue weighted by molar-refractivity contribution is -0.127. The third-order valence-corrected chi connectivity index (χ3v) is 6.67. The SMILES string of the molecule is COc1cc(/C=C/C(=O)N2CCN(Cc3nc4ccccc4s3)CC2)cc2c1OCCO2. The summed E-state index contributed by atoms with van der Waals surface area (Å²) in [4.78, 5) is 21.7. The van der Waals surface area contributed by atoms with Gasteiger partial charge >= 0.3 is 0 Å². The van der Waals surface area contributed by atoms with E-state index in [-0.39, 0.29) is 5.91 Å². The van der Waals surface area contributed by atoms with Crippen LogP contribution in [-0.2, 0) is 11.3 Å². The summed E-state index contributed by atoms with van der Waals surface area (Å²) in [5, 5.41) is 1.12. The molecule has 1 fully saturated rings. The predicted molar refractivity (Wildman–Crippen MR) is 124 cm³/mol. The summed E-state index contributed by atoms with van der Waals surface area (Å²) < 4.78 is 17.9. The van der Waals surface area contributed by atoms with Gasteiger partial charge in [-0.1, -0.05) is 12.1 Å². The lowest BCUT2D eigenvalue weighted by Crippen LogP contribution is -2.47. The molecule has 1 saturated heterocycles. The molecule has 1 amide bonds. The summed E-state index contributed by atoms with van der Waals surface area (Å²) in [6.45, 7) is 4.93. The predicted octanol–water partition coefficient (Wildman–Crippen LogP) is 3.43. The van der Waals surface area contributed by atoms with Gasteiger partial charge in [0.05, 0.1) is 23.9 Å². The zero-order valence-electron chi connectivity index (χ0n) is 18.0. The van der Waals surface area contributed by atoms with E-state index in [0.29, 0.717) is 43.6 Å². The molecule has 32 heavy (non-hydrogen) atoms. The number of carbonyl (C=O) groups excluding carboxylic acids is 1. The van der Waals surface area contributed by atoms with Crippen molar-refractivity contribution >= 4 is 33.5 Å². The standard InChI is InChI=1S/C24H25N3O4S/c1-29-19-14-17(15-20-24(19)31-13-12-30-20)6-7-23(28)27-10-8-26(9-11-27)16-22-25-18-4-2-3-5-21(18)32-22/h2-7,14-15H,8-13,16H2,1H3/b7-6+. The molecule has 1 aromatic heterocycles. The second-order valence-corrected chi connectivity index (χ2v) is 8.87. The molecule has 0 aliphatic carbocycles. The van der Waals surface area contributed by atoms with Crippen LogP contribution >= 0.6 is 11.3 Å². The van der Waals surface area contributed by atoms with Crippen LogP contribution in [0.4, 0.5) is 0 Å². The second kappa shape index (κ2) is 9.18. The Morgan fingerprint density at radius 2 is 1.97 bits per heavy atom. The molecular weight excluding hydrogens is 426 g/mol. The van der Waals surface area contributed by atoms with E-state index in [0.717, 1.165) is 35.7 Å². The van der Waals surface area contributed by atoms with Crippen molar-refractivity contribution in [1.82, 2.24) is 14.8 Å². The molecule has 166 valence electrons. The number of benzene rings is 2. The monoisotopic (exact) mass is 451 g/mol. The van der Waals surface area contributed by atoms with E-state index in [9.17, 15) is 4.79 Å². The molecule has 3 aromatic rings. The minimum absolute atomic E-state index is 0.0125. The van der Waals surface area contributed by atoms with Crippen LogP contribution in [0, 0.1) is 0 Å². The second-order valence-electron chi connectivity index (χ2n) is 7.76. The molecule has 2 aliphatic heterocycles. The number of piperazine rings is 1. The number of amides is 1. The van der Waals surface area contributed by atoms with E-state index in [1.54, 1.807) is 30.6 Å². The number of carbonyl (C=O) groups is 1. The lowest BCUT2D eigenvalue weighted by atomic mass is 10.1. The van der Waals surface area contributed by atoms with E-state index in [1.807, 2.05) is 29.2 Å². The lowest BCUT2D eigenvalue weighted by Gasteiger charge is -2.33. The Labute approximate surface area is 190 Å². The van der Waals surface area contributed by atoms with E-state index in [2.05, 4.69) is 17.0 Å². The first-order valence-electron chi connectivity index (χ1n) is 10.7. The van der Waals surface area contributed by atoms with Gasteiger partial charge in [0, 0.05) is 32.3 Å². The van der Waals surface area contributed by atoms with Gasteiger partial charge in [0.25, 0.3) is 0 Å². The molecule has 0 spiro atoms. The van der Waals surface area contributed by atoms with Crippen molar-refractivity contribution in [3.05, 3.63) is 53.0 Å². The van der Waals surface area contributed by atoms with Crippen LogP contribution < -0.4 is 14.2 Å². The Kier molecular flexibility index (Phi) is 5.96. The highest BCUT2D eigenvalue weighted by Gasteiger charge is 2.21. The molecule has 0 N–H and O–H groups in total. The smallest absolute Gasteiger partial charge is 0.246 e. The number of para-hydroxylation sites is 1. The topological polar surface area (TPSA) is 64.1 Å². The number of thiazole rings is 1. The molecule has 2 aliphatic rings. The zero-order chi connectivity index (χ0) is 21.9. The van der Waals surface area contributed by atoms with Gasteiger partial charge in [0.1, 0.15) is 18.2 Å². The minimum Gasteiger partial charge on any atom is -0.493 e. The Bertz CT molecular complexity index is 1100. The summed E-state index contributed by atoms with van der Waals surface area (Å²) in [5.74, 6) is 1.88. The maximum atomic E-state index is 12.7. The highest BCUT2D eigenvalue weighted by Crippen LogP contribution is 2.40. The van der Waals surface area contributed by atoms with Gasteiger partial charge in [-0.2, -0.15) is 0 Å². The van der Waals surface area contributed by atoms with E-state index < -0.39 is 0 Å². The van der Waals surface area contributed by atoms with Crippen LogP contribution in [0.1, 0.15) is 10.6 Å². The van der Waals surface area contributed by atoms with Crippen LogP contribution in [-0.4, -0.2) is 67.2 Å². The highest BCUT2D eigenvalue weighted by atomic mass is 32.1. The van der Waals surface area contributed by atoms with Crippen molar-refractivity contribution in [1.29, 1.82) is 0 Å². The first-order chi connectivity index (χ1) is 15.7. The summed E-state index contributed by atoms with van der Waals surface area (Å²) in [5.41, 5.74) is 1.90. The van der Waals surface area contributed by atoms with Crippen molar-refractivity contribution in [2.75, 3.05) is 46.5 Å². The maximum absolute atomic E-state index is 12.7. The Hall–Kier alpha value is -3.10. The number of nitrogens with zero attached hydrogens (tertiary/aromatic N) is 3. The molecule has 7 nitrogen and oxygen atoms in total. The van der Waals surface area contributed by atoms with Gasteiger partial charge in [-0.15, -0.1) is 11.3 Å². The first kappa shape index (κ1) is 20.8. The van der Waals surface area contributed by atoms with E-state index in [4.69, 9.17) is 19.2 Å². The average Bonchev–Trinajstić information content (AvgIpc) is 3.24. The third-order valence-electron chi connectivity index (χ3n) is 5.65. The fourth-order valence-electron chi connectivity index (χ4n) is 3.97. The van der Waals surface area contributed by atoms with Crippen molar-refractivity contribution in [3.8, 4) is 17.2 Å². The molecule has 3 heterocycles. The largest absolute Gasteiger partial charge is 0.493 e. The van der Waals surface area contributed by atoms with Crippen molar-refractivity contribution in [3.63, 3.8) is 0 Å². The number of aromatic nitrogens is 1. The van der Waals surface area contributed by atoms with Crippen LogP contribution in [0.5, 0.6) is 17.2 Å². The number of ether oxygens (including phenoxy) is 3. The van der Waals surface area contributed by atoms with Crippen LogP contribution in [0.3, 0.4) is 0 Å². The van der Waals surface area contributed by atoms with Gasteiger partial charge in [0.2, 0.25) is 11.7 Å². The molecule has 0 atom stereocenters. The number of hydrogen-bond acceptors (Lipinski definition) is 7. The van der Waals surface area contributed by atoms with E-state index in [1.165, 1.54) is 4.70 Å². The summed E-state index contributed by atoms with van der Waals surface area (Å²) in [6.07, 6.45) is 3.42.